The molecule has 2 heterocycles. The van der Waals surface area contributed by atoms with Gasteiger partial charge >= 0.3 is 6.03 Å². The molecule has 1 aromatic rings. The van der Waals surface area contributed by atoms with Crippen LogP contribution in [-0.2, 0) is 4.79 Å². The molecule has 0 unspecified atom stereocenters. The van der Waals surface area contributed by atoms with Gasteiger partial charge in [0.2, 0.25) is 0 Å². The molecular formula is C11H12ClN3O2. The quantitative estimate of drug-likeness (QED) is 0.717. The molecule has 5 nitrogen and oxygen atoms in total. The summed E-state index contributed by atoms with van der Waals surface area (Å²) in [5.41, 5.74) is -0.0822. The molecule has 0 atom stereocenters. The van der Waals surface area contributed by atoms with Crippen LogP contribution in [0.15, 0.2) is 30.3 Å². The van der Waals surface area contributed by atoms with Crippen molar-refractivity contribution in [1.82, 2.24) is 10.6 Å². The Morgan fingerprint density at radius 3 is 2.24 bits per heavy atom. The summed E-state index contributed by atoms with van der Waals surface area (Å²) in [5.74, 6) is -0.164. The molecule has 1 spiro atoms. The summed E-state index contributed by atoms with van der Waals surface area (Å²) >= 11 is 0. The van der Waals surface area contributed by atoms with Gasteiger partial charge in [-0.25, -0.2) is 9.69 Å². The topological polar surface area (TPSA) is 61.4 Å². The molecule has 6 heteroatoms. The Morgan fingerprint density at radius 1 is 1.12 bits per heavy atom. The average Bonchev–Trinajstić information content (AvgIpc) is 2.51. The maximum Gasteiger partial charge on any atom is 0.329 e. The smallest absolute Gasteiger partial charge is 0.320 e. The molecule has 0 radical (unpaired) electrons. The predicted octanol–water partition coefficient (Wildman–Crippen LogP) is 0.507. The minimum atomic E-state index is -0.701. The van der Waals surface area contributed by atoms with Crippen molar-refractivity contribution in [2.75, 3.05) is 18.0 Å². The second-order valence-corrected chi connectivity index (χ2v) is 4.09. The fourth-order valence-corrected chi connectivity index (χ4v) is 2.05. The van der Waals surface area contributed by atoms with E-state index in [0.29, 0.717) is 18.8 Å². The Labute approximate surface area is 105 Å². The van der Waals surface area contributed by atoms with E-state index in [1.54, 1.807) is 24.3 Å². The lowest BCUT2D eigenvalue weighted by Crippen LogP contribution is -2.69. The Balaban J connectivity index is 0.00000108. The number of hydrogen-bond acceptors (Lipinski definition) is 3. The van der Waals surface area contributed by atoms with Gasteiger partial charge in [0.1, 0.15) is 5.54 Å². The van der Waals surface area contributed by atoms with Gasteiger partial charge < -0.3 is 10.6 Å². The van der Waals surface area contributed by atoms with Gasteiger partial charge in [0.25, 0.3) is 5.91 Å². The van der Waals surface area contributed by atoms with E-state index in [1.165, 1.54) is 4.90 Å². The minimum Gasteiger partial charge on any atom is -0.320 e. The number of urea groups is 1. The second-order valence-electron chi connectivity index (χ2n) is 4.09. The highest BCUT2D eigenvalue weighted by Gasteiger charge is 2.55. The van der Waals surface area contributed by atoms with Crippen LogP contribution in [0.3, 0.4) is 0 Å². The van der Waals surface area contributed by atoms with E-state index in [9.17, 15) is 9.59 Å². The largest absolute Gasteiger partial charge is 0.329 e. The van der Waals surface area contributed by atoms with Gasteiger partial charge in [0, 0.05) is 13.1 Å². The van der Waals surface area contributed by atoms with Gasteiger partial charge in [-0.1, -0.05) is 18.2 Å². The highest BCUT2D eigenvalue weighted by molar-refractivity contribution is 6.24. The second kappa shape index (κ2) is 4.01. The molecule has 0 aliphatic carbocycles. The van der Waals surface area contributed by atoms with E-state index >= 15 is 0 Å². The molecule has 2 fully saturated rings. The molecule has 2 aliphatic rings. The van der Waals surface area contributed by atoms with E-state index in [2.05, 4.69) is 10.6 Å². The number of halogens is 1. The zero-order chi connectivity index (χ0) is 11.2. The number of nitrogens with zero attached hydrogens (tertiary/aromatic N) is 1. The molecule has 3 rings (SSSR count). The monoisotopic (exact) mass is 253 g/mol. The Hall–Kier alpha value is -1.59. The van der Waals surface area contributed by atoms with Gasteiger partial charge in [0.15, 0.2) is 0 Å². The van der Waals surface area contributed by atoms with Crippen molar-refractivity contribution in [3.8, 4) is 0 Å². The molecule has 2 saturated heterocycles. The highest BCUT2D eigenvalue weighted by atomic mass is 35.5. The first-order valence-electron chi connectivity index (χ1n) is 5.15. The Bertz CT molecular complexity index is 459. The van der Waals surface area contributed by atoms with Gasteiger partial charge in [-0.05, 0) is 12.1 Å². The van der Waals surface area contributed by atoms with Crippen molar-refractivity contribution in [2.45, 2.75) is 5.54 Å². The van der Waals surface area contributed by atoms with Gasteiger partial charge in [0.05, 0.1) is 5.69 Å². The lowest BCUT2D eigenvalue weighted by Gasteiger charge is -2.35. The fraction of sp³-hybridized carbons (Fsp3) is 0.273. The van der Waals surface area contributed by atoms with Crippen LogP contribution in [0.2, 0.25) is 0 Å². The molecule has 90 valence electrons. The van der Waals surface area contributed by atoms with Crippen LogP contribution in [0.1, 0.15) is 0 Å². The molecule has 17 heavy (non-hydrogen) atoms. The number of anilines is 1. The zero-order valence-electron chi connectivity index (χ0n) is 8.97. The third-order valence-corrected chi connectivity index (χ3v) is 3.03. The van der Waals surface area contributed by atoms with Crippen LogP contribution in [-0.4, -0.2) is 30.6 Å². The lowest BCUT2D eigenvalue weighted by molar-refractivity contribution is -0.123. The van der Waals surface area contributed by atoms with Crippen molar-refractivity contribution < 1.29 is 9.59 Å². The van der Waals surface area contributed by atoms with E-state index in [1.807, 2.05) is 6.07 Å². The van der Waals surface area contributed by atoms with Crippen LogP contribution < -0.4 is 15.5 Å². The van der Waals surface area contributed by atoms with E-state index in [4.69, 9.17) is 0 Å². The first kappa shape index (κ1) is 11.9. The maximum atomic E-state index is 12.1. The summed E-state index contributed by atoms with van der Waals surface area (Å²) in [6, 6.07) is 8.63. The lowest BCUT2D eigenvalue weighted by atomic mass is 9.92. The van der Waals surface area contributed by atoms with E-state index < -0.39 is 5.54 Å². The number of carbonyl (C=O) groups is 2. The van der Waals surface area contributed by atoms with Gasteiger partial charge in [-0.2, -0.15) is 0 Å². The van der Waals surface area contributed by atoms with Crippen LogP contribution in [0.4, 0.5) is 10.5 Å². The Kier molecular flexibility index (Phi) is 2.81. The molecule has 0 bridgehead atoms. The molecule has 0 aromatic heterocycles. The number of carbonyl (C=O) groups excluding carboxylic acids is 2. The molecule has 0 saturated carbocycles. The molecule has 3 amide bonds. The summed E-state index contributed by atoms with van der Waals surface area (Å²) < 4.78 is 0. The van der Waals surface area contributed by atoms with Crippen molar-refractivity contribution in [3.05, 3.63) is 30.3 Å². The first-order chi connectivity index (χ1) is 7.73. The number of imide groups is 1. The molecule has 2 aliphatic heterocycles. The normalized spacial score (nSPS) is 20.8. The number of benzene rings is 1. The van der Waals surface area contributed by atoms with E-state index in [0.717, 1.165) is 0 Å². The molecular weight excluding hydrogens is 242 g/mol. The van der Waals surface area contributed by atoms with Crippen LogP contribution in [0.25, 0.3) is 0 Å². The maximum absolute atomic E-state index is 12.1. The minimum absolute atomic E-state index is 0. The van der Waals surface area contributed by atoms with Crippen LogP contribution in [0.5, 0.6) is 0 Å². The SMILES string of the molecule is Cl.O=C1NC2(CNC2)C(=O)N1c1ccccc1. The van der Waals surface area contributed by atoms with Crippen molar-refractivity contribution >= 4 is 30.0 Å². The molecule has 1 aromatic carbocycles. The number of nitrogens with one attached hydrogen (secondary N) is 2. The van der Waals surface area contributed by atoms with Crippen molar-refractivity contribution in [1.29, 1.82) is 0 Å². The molecule has 2 N–H and O–H groups in total. The average molecular weight is 254 g/mol. The third kappa shape index (κ3) is 1.59. The highest BCUT2D eigenvalue weighted by Crippen LogP contribution is 2.26. The fourth-order valence-electron chi connectivity index (χ4n) is 2.05. The summed E-state index contributed by atoms with van der Waals surface area (Å²) in [6.45, 7) is 1.03. The van der Waals surface area contributed by atoms with Crippen molar-refractivity contribution in [2.24, 2.45) is 0 Å². The predicted molar refractivity (Wildman–Crippen MR) is 65.3 cm³/mol. The number of hydrogen-bond donors (Lipinski definition) is 2. The van der Waals surface area contributed by atoms with Crippen LogP contribution >= 0.6 is 12.4 Å². The summed E-state index contributed by atoms with van der Waals surface area (Å²) in [7, 11) is 0. The number of amides is 3. The zero-order valence-corrected chi connectivity index (χ0v) is 9.79. The third-order valence-electron chi connectivity index (χ3n) is 3.03. The van der Waals surface area contributed by atoms with Crippen LogP contribution in [0, 0.1) is 0 Å². The van der Waals surface area contributed by atoms with Gasteiger partial charge in [-0.3, -0.25) is 4.79 Å². The first-order valence-corrected chi connectivity index (χ1v) is 5.15. The summed E-state index contributed by atoms with van der Waals surface area (Å²) in [5, 5.41) is 5.74. The number of rotatable bonds is 1. The van der Waals surface area contributed by atoms with E-state index in [-0.39, 0.29) is 24.3 Å². The van der Waals surface area contributed by atoms with Crippen molar-refractivity contribution in [3.63, 3.8) is 0 Å². The standard InChI is InChI=1S/C11H11N3O2.ClH/c15-9-11(6-12-7-11)13-10(16)14(9)8-4-2-1-3-5-8;/h1-5,12H,6-7H2,(H,13,16);1H. The Morgan fingerprint density at radius 2 is 1.76 bits per heavy atom. The van der Waals surface area contributed by atoms with Gasteiger partial charge in [-0.15, -0.1) is 12.4 Å². The summed E-state index contributed by atoms with van der Waals surface area (Å²) in [4.78, 5) is 25.1. The number of para-hydroxylation sites is 1. The summed E-state index contributed by atoms with van der Waals surface area (Å²) in [6.07, 6.45) is 0.